The Morgan fingerprint density at radius 1 is 1.03 bits per heavy atom. The Labute approximate surface area is 176 Å². The molecule has 1 N–H and O–H groups in total. The lowest BCUT2D eigenvalue weighted by Gasteiger charge is -2.11. The molecule has 29 heavy (non-hydrogen) atoms. The van der Waals surface area contributed by atoms with Crippen LogP contribution in [-0.2, 0) is 4.79 Å². The summed E-state index contributed by atoms with van der Waals surface area (Å²) in [6, 6.07) is 21.9. The minimum absolute atomic E-state index is 0.0418. The molecule has 0 unspecified atom stereocenters. The zero-order valence-electron chi connectivity index (χ0n) is 15.5. The summed E-state index contributed by atoms with van der Waals surface area (Å²) in [4.78, 5) is 13.3. The second-order valence-corrected chi connectivity index (χ2v) is 7.32. The first-order valence-corrected chi connectivity index (χ1v) is 9.69. The molecule has 1 aliphatic rings. The van der Waals surface area contributed by atoms with E-state index in [1.54, 1.807) is 18.2 Å². The van der Waals surface area contributed by atoms with Gasteiger partial charge in [0.1, 0.15) is 5.71 Å². The van der Waals surface area contributed by atoms with E-state index in [1.165, 1.54) is 18.2 Å². The normalized spacial score (nSPS) is 15.0. The van der Waals surface area contributed by atoms with Gasteiger partial charge in [0.05, 0.1) is 18.4 Å². The van der Waals surface area contributed by atoms with Gasteiger partial charge in [0.25, 0.3) is 5.91 Å². The van der Waals surface area contributed by atoms with Gasteiger partial charge in [0.15, 0.2) is 11.5 Å². The lowest BCUT2D eigenvalue weighted by molar-refractivity contribution is -0.114. The molecule has 3 aromatic carbocycles. The van der Waals surface area contributed by atoms with Gasteiger partial charge >= 0.3 is 0 Å². The minimum Gasteiger partial charge on any atom is -0.504 e. The summed E-state index contributed by atoms with van der Waals surface area (Å²) in [6.45, 7) is 0. The van der Waals surface area contributed by atoms with E-state index in [-0.39, 0.29) is 11.7 Å². The first-order valence-electron chi connectivity index (χ1n) is 8.90. The highest BCUT2D eigenvalue weighted by Crippen LogP contribution is 2.31. The molecule has 0 aromatic heterocycles. The summed E-state index contributed by atoms with van der Waals surface area (Å²) in [5, 5.41) is 15.9. The first-order chi connectivity index (χ1) is 14.1. The van der Waals surface area contributed by atoms with Crippen LogP contribution in [0.25, 0.3) is 6.08 Å². The molecule has 0 bridgehead atoms. The number of methoxy groups -OCH3 is 1. The van der Waals surface area contributed by atoms with Gasteiger partial charge in [-0.25, -0.2) is 0 Å². The van der Waals surface area contributed by atoms with Crippen LogP contribution in [0, 0.1) is 0 Å². The van der Waals surface area contributed by atoms with Crippen molar-refractivity contribution < 1.29 is 14.6 Å². The molecule has 0 saturated carbocycles. The molecular formula is C23H17BrN2O3. The molecule has 0 atom stereocenters. The highest BCUT2D eigenvalue weighted by molar-refractivity contribution is 9.10. The van der Waals surface area contributed by atoms with Crippen LogP contribution in [0.3, 0.4) is 0 Å². The second-order valence-electron chi connectivity index (χ2n) is 6.40. The average molecular weight is 449 g/mol. The summed E-state index contributed by atoms with van der Waals surface area (Å²) < 4.78 is 6.04. The van der Waals surface area contributed by atoms with Gasteiger partial charge in [-0.15, -0.1) is 0 Å². The van der Waals surface area contributed by atoms with E-state index in [0.29, 0.717) is 22.7 Å². The van der Waals surface area contributed by atoms with Crippen molar-refractivity contribution in [3.8, 4) is 11.5 Å². The number of carbonyl (C=O) groups excluding carboxylic acids is 1. The molecule has 1 heterocycles. The number of ether oxygens (including phenoxy) is 1. The van der Waals surface area contributed by atoms with Crippen molar-refractivity contribution in [1.82, 2.24) is 0 Å². The van der Waals surface area contributed by atoms with E-state index in [9.17, 15) is 9.90 Å². The third kappa shape index (κ3) is 3.79. The smallest absolute Gasteiger partial charge is 0.281 e. The Kier molecular flexibility index (Phi) is 5.18. The number of hydrazone groups is 1. The van der Waals surface area contributed by atoms with E-state index in [4.69, 9.17) is 4.74 Å². The van der Waals surface area contributed by atoms with Crippen molar-refractivity contribution in [1.29, 1.82) is 0 Å². The number of benzene rings is 3. The molecule has 1 amide bonds. The van der Waals surface area contributed by atoms with Crippen molar-refractivity contribution in [2.24, 2.45) is 5.10 Å². The Balaban J connectivity index is 1.83. The van der Waals surface area contributed by atoms with Crippen molar-refractivity contribution in [3.63, 3.8) is 0 Å². The largest absolute Gasteiger partial charge is 0.504 e. The molecule has 0 radical (unpaired) electrons. The van der Waals surface area contributed by atoms with E-state index in [1.807, 2.05) is 54.6 Å². The van der Waals surface area contributed by atoms with Gasteiger partial charge < -0.3 is 9.84 Å². The molecular weight excluding hydrogens is 432 g/mol. The predicted octanol–water partition coefficient (Wildman–Crippen LogP) is 5.00. The summed E-state index contributed by atoms with van der Waals surface area (Å²) in [5.74, 6) is 0.154. The zero-order chi connectivity index (χ0) is 20.4. The maximum atomic E-state index is 13.3. The fourth-order valence-corrected chi connectivity index (χ4v) is 3.47. The summed E-state index contributed by atoms with van der Waals surface area (Å²) in [5.41, 5.74) is 3.29. The van der Waals surface area contributed by atoms with Crippen molar-refractivity contribution in [2.45, 2.75) is 0 Å². The summed E-state index contributed by atoms with van der Waals surface area (Å²) in [7, 11) is 1.48. The van der Waals surface area contributed by atoms with Crippen LogP contribution in [0.5, 0.6) is 11.5 Å². The topological polar surface area (TPSA) is 62.1 Å². The first kappa shape index (κ1) is 19.0. The van der Waals surface area contributed by atoms with E-state index < -0.39 is 0 Å². The van der Waals surface area contributed by atoms with E-state index in [0.717, 1.165) is 15.6 Å². The number of hydrogen-bond donors (Lipinski definition) is 1. The van der Waals surface area contributed by atoms with Gasteiger partial charge in [-0.05, 0) is 42.0 Å². The molecule has 6 heteroatoms. The Morgan fingerprint density at radius 2 is 1.83 bits per heavy atom. The number of halogens is 1. The molecule has 3 aromatic rings. The molecule has 4 rings (SSSR count). The van der Waals surface area contributed by atoms with Gasteiger partial charge in [-0.1, -0.05) is 58.4 Å². The third-order valence-electron chi connectivity index (χ3n) is 4.49. The molecule has 0 aliphatic carbocycles. The third-order valence-corrected chi connectivity index (χ3v) is 4.99. The Morgan fingerprint density at radius 3 is 2.55 bits per heavy atom. The van der Waals surface area contributed by atoms with E-state index in [2.05, 4.69) is 21.0 Å². The number of phenols is 1. The van der Waals surface area contributed by atoms with Crippen LogP contribution in [0.4, 0.5) is 5.69 Å². The van der Waals surface area contributed by atoms with Gasteiger partial charge in [-0.2, -0.15) is 10.1 Å². The second kappa shape index (κ2) is 7.93. The molecule has 0 fully saturated rings. The SMILES string of the molecule is COc1cc(/C=C2\C(=O)N(c3cccc(Br)c3)N=C2c2ccccc2)ccc1O. The highest BCUT2D eigenvalue weighted by Gasteiger charge is 2.32. The van der Waals surface area contributed by atoms with Gasteiger partial charge in [-0.3, -0.25) is 4.79 Å². The fourth-order valence-electron chi connectivity index (χ4n) is 3.09. The predicted molar refractivity (Wildman–Crippen MR) is 117 cm³/mol. The lowest BCUT2D eigenvalue weighted by Crippen LogP contribution is -2.21. The van der Waals surface area contributed by atoms with Gasteiger partial charge in [0, 0.05) is 10.0 Å². The van der Waals surface area contributed by atoms with Crippen LogP contribution >= 0.6 is 15.9 Å². The minimum atomic E-state index is -0.228. The number of hydrogen-bond acceptors (Lipinski definition) is 4. The van der Waals surface area contributed by atoms with Crippen molar-refractivity contribution in [2.75, 3.05) is 12.1 Å². The number of anilines is 1. The zero-order valence-corrected chi connectivity index (χ0v) is 17.1. The van der Waals surface area contributed by atoms with Crippen molar-refractivity contribution in [3.05, 3.63) is 94.0 Å². The number of carbonyl (C=O) groups is 1. The Bertz CT molecular complexity index is 1140. The molecule has 144 valence electrons. The fraction of sp³-hybridized carbons (Fsp3) is 0.0435. The maximum absolute atomic E-state index is 13.3. The standard InChI is InChI=1S/C23H17BrN2O3/c1-29-21-13-15(10-11-20(21)27)12-19-22(16-6-3-2-4-7-16)25-26(23(19)28)18-9-5-8-17(24)14-18/h2-14,27H,1H3/b19-12-. The summed E-state index contributed by atoms with van der Waals surface area (Å²) in [6.07, 6.45) is 1.76. The van der Waals surface area contributed by atoms with E-state index >= 15 is 0 Å². The van der Waals surface area contributed by atoms with Gasteiger partial charge in [0.2, 0.25) is 0 Å². The molecule has 1 aliphatic heterocycles. The maximum Gasteiger partial charge on any atom is 0.281 e. The highest BCUT2D eigenvalue weighted by atomic mass is 79.9. The van der Waals surface area contributed by atoms with Crippen LogP contribution in [-0.4, -0.2) is 23.8 Å². The number of rotatable bonds is 4. The number of nitrogens with zero attached hydrogens (tertiary/aromatic N) is 2. The van der Waals surface area contributed by atoms with Crippen LogP contribution in [0.15, 0.2) is 87.9 Å². The quantitative estimate of drug-likeness (QED) is 0.571. The van der Waals surface area contributed by atoms with Crippen molar-refractivity contribution >= 4 is 39.3 Å². The Hall–Kier alpha value is -3.38. The summed E-state index contributed by atoms with van der Waals surface area (Å²) >= 11 is 3.44. The number of amides is 1. The lowest BCUT2D eigenvalue weighted by atomic mass is 10.00. The molecule has 5 nitrogen and oxygen atoms in total. The van der Waals surface area contributed by atoms with Crippen LogP contribution in [0.1, 0.15) is 11.1 Å². The van der Waals surface area contributed by atoms with Crippen LogP contribution < -0.4 is 9.75 Å². The number of aromatic hydroxyl groups is 1. The average Bonchev–Trinajstić information content (AvgIpc) is 3.06. The number of phenolic OH excluding ortho intramolecular Hbond substituents is 1. The van der Waals surface area contributed by atoms with Crippen LogP contribution in [0.2, 0.25) is 0 Å². The molecule has 0 saturated heterocycles. The molecule has 0 spiro atoms. The monoisotopic (exact) mass is 448 g/mol.